The first-order chi connectivity index (χ1) is 6.97. The van der Waals surface area contributed by atoms with Gasteiger partial charge in [0.25, 0.3) is 0 Å². The maximum Gasteiger partial charge on any atom is 0.163 e. The Morgan fingerprint density at radius 2 is 1.67 bits per heavy atom. The van der Waals surface area contributed by atoms with Gasteiger partial charge in [-0.1, -0.05) is 17.7 Å². The van der Waals surface area contributed by atoms with Crippen molar-refractivity contribution in [3.63, 3.8) is 0 Å². The molecule has 0 heterocycles. The molecule has 0 spiro atoms. The normalized spacial score (nSPS) is 12.6. The Bertz CT molecular complexity index is 357. The number of carbonyl (C=O) groups is 1. The average molecular weight is 206 g/mol. The topological polar surface area (TPSA) is 26.3 Å². The first-order valence-corrected chi connectivity index (χ1v) is 5.08. The highest BCUT2D eigenvalue weighted by Crippen LogP contribution is 2.26. The van der Waals surface area contributed by atoms with Gasteiger partial charge in [0.15, 0.2) is 5.78 Å². The van der Waals surface area contributed by atoms with E-state index in [1.54, 1.807) is 14.0 Å². The summed E-state index contributed by atoms with van der Waals surface area (Å²) in [6.07, 6.45) is -0.425. The predicted octanol–water partition coefficient (Wildman–Crippen LogP) is 2.89. The van der Waals surface area contributed by atoms with Crippen LogP contribution in [0.25, 0.3) is 0 Å². The van der Waals surface area contributed by atoms with Gasteiger partial charge in [-0.05, 0) is 44.4 Å². The SMILES string of the molecule is COC(C(C)=O)c1c(C)cc(C)cc1C. The second-order valence-electron chi connectivity index (χ2n) is 4.04. The second-order valence-corrected chi connectivity index (χ2v) is 4.04. The van der Waals surface area contributed by atoms with Crippen molar-refractivity contribution >= 4 is 5.78 Å². The Balaban J connectivity index is 3.29. The van der Waals surface area contributed by atoms with Crippen LogP contribution < -0.4 is 0 Å². The first-order valence-electron chi connectivity index (χ1n) is 5.08. The fraction of sp³-hybridized carbons (Fsp3) is 0.462. The highest BCUT2D eigenvalue weighted by Gasteiger charge is 2.19. The number of hydrogen-bond acceptors (Lipinski definition) is 2. The Morgan fingerprint density at radius 3 is 2.00 bits per heavy atom. The van der Waals surface area contributed by atoms with Gasteiger partial charge in [-0.25, -0.2) is 0 Å². The molecule has 0 aliphatic heterocycles. The zero-order valence-electron chi connectivity index (χ0n) is 10.0. The van der Waals surface area contributed by atoms with Crippen LogP contribution in [-0.2, 0) is 9.53 Å². The minimum absolute atomic E-state index is 0.0487. The highest BCUT2D eigenvalue weighted by molar-refractivity contribution is 5.82. The van der Waals surface area contributed by atoms with E-state index in [0.29, 0.717) is 0 Å². The lowest BCUT2D eigenvalue weighted by molar-refractivity contribution is -0.127. The molecule has 0 amide bonds. The lowest BCUT2D eigenvalue weighted by Gasteiger charge is -2.18. The third kappa shape index (κ3) is 2.45. The van der Waals surface area contributed by atoms with Crippen molar-refractivity contribution in [2.45, 2.75) is 33.8 Å². The summed E-state index contributed by atoms with van der Waals surface area (Å²) in [5.74, 6) is 0.0487. The molecular weight excluding hydrogens is 188 g/mol. The zero-order valence-corrected chi connectivity index (χ0v) is 10.0. The lowest BCUT2D eigenvalue weighted by Crippen LogP contribution is -2.14. The van der Waals surface area contributed by atoms with E-state index in [9.17, 15) is 4.79 Å². The molecule has 1 aromatic carbocycles. The average Bonchev–Trinajstić information content (AvgIpc) is 2.09. The van der Waals surface area contributed by atoms with Gasteiger partial charge in [-0.2, -0.15) is 0 Å². The maximum absolute atomic E-state index is 11.4. The molecule has 0 aromatic heterocycles. The van der Waals surface area contributed by atoms with Crippen LogP contribution in [-0.4, -0.2) is 12.9 Å². The smallest absolute Gasteiger partial charge is 0.163 e. The number of methoxy groups -OCH3 is 1. The van der Waals surface area contributed by atoms with Gasteiger partial charge in [-0.15, -0.1) is 0 Å². The number of aryl methyl sites for hydroxylation is 3. The fourth-order valence-corrected chi connectivity index (χ4v) is 2.09. The molecule has 0 saturated heterocycles. The third-order valence-electron chi connectivity index (χ3n) is 2.61. The molecule has 0 aliphatic rings. The maximum atomic E-state index is 11.4. The molecule has 1 unspecified atom stereocenters. The van der Waals surface area contributed by atoms with Crippen molar-refractivity contribution < 1.29 is 9.53 Å². The van der Waals surface area contributed by atoms with Gasteiger partial charge < -0.3 is 4.74 Å². The molecular formula is C13H18O2. The molecule has 0 N–H and O–H groups in total. The molecule has 82 valence electrons. The number of ether oxygens (including phenoxy) is 1. The van der Waals surface area contributed by atoms with Crippen LogP contribution in [0, 0.1) is 20.8 Å². The van der Waals surface area contributed by atoms with Crippen LogP contribution >= 0.6 is 0 Å². The van der Waals surface area contributed by atoms with Crippen LogP contribution in [0.5, 0.6) is 0 Å². The molecule has 0 fully saturated rings. The van der Waals surface area contributed by atoms with Crippen molar-refractivity contribution in [3.05, 3.63) is 34.4 Å². The molecule has 0 aliphatic carbocycles. The molecule has 2 nitrogen and oxygen atoms in total. The fourth-order valence-electron chi connectivity index (χ4n) is 2.09. The molecule has 1 atom stereocenters. The van der Waals surface area contributed by atoms with Crippen LogP contribution in [0.1, 0.15) is 35.3 Å². The number of ketones is 1. The van der Waals surface area contributed by atoms with E-state index >= 15 is 0 Å². The van der Waals surface area contributed by atoms with Crippen molar-refractivity contribution in [2.24, 2.45) is 0 Å². The predicted molar refractivity (Wildman–Crippen MR) is 61.1 cm³/mol. The monoisotopic (exact) mass is 206 g/mol. The standard InChI is InChI=1S/C13H18O2/c1-8-6-9(2)12(10(3)7-8)13(15-5)11(4)14/h6-7,13H,1-5H3. The molecule has 1 aromatic rings. The van der Waals surface area contributed by atoms with E-state index in [1.165, 1.54) is 5.56 Å². The summed E-state index contributed by atoms with van der Waals surface area (Å²) in [4.78, 5) is 11.4. The summed E-state index contributed by atoms with van der Waals surface area (Å²) >= 11 is 0. The summed E-state index contributed by atoms with van der Waals surface area (Å²) in [6.45, 7) is 7.65. The minimum atomic E-state index is -0.425. The largest absolute Gasteiger partial charge is 0.369 e. The van der Waals surface area contributed by atoms with Gasteiger partial charge in [0, 0.05) is 7.11 Å². The van der Waals surface area contributed by atoms with Crippen LogP contribution in [0.2, 0.25) is 0 Å². The van der Waals surface area contributed by atoms with Crippen LogP contribution in [0.3, 0.4) is 0 Å². The Hall–Kier alpha value is -1.15. The van der Waals surface area contributed by atoms with Gasteiger partial charge in [-0.3, -0.25) is 4.79 Å². The number of Topliss-reactive ketones (excluding diaryl/α,β-unsaturated/α-hetero) is 1. The quantitative estimate of drug-likeness (QED) is 0.760. The van der Waals surface area contributed by atoms with Crippen molar-refractivity contribution in [3.8, 4) is 0 Å². The molecule has 0 radical (unpaired) electrons. The molecule has 15 heavy (non-hydrogen) atoms. The number of carbonyl (C=O) groups excluding carboxylic acids is 1. The first kappa shape index (κ1) is 11.9. The summed E-state index contributed by atoms with van der Waals surface area (Å²) in [5.41, 5.74) is 4.46. The summed E-state index contributed by atoms with van der Waals surface area (Å²) in [5, 5.41) is 0. The van der Waals surface area contributed by atoms with E-state index in [0.717, 1.165) is 16.7 Å². The van der Waals surface area contributed by atoms with Crippen molar-refractivity contribution in [1.82, 2.24) is 0 Å². The molecule has 0 bridgehead atoms. The van der Waals surface area contributed by atoms with Gasteiger partial charge >= 0.3 is 0 Å². The Kier molecular flexibility index (Phi) is 3.64. The molecule has 2 heteroatoms. The van der Waals surface area contributed by atoms with E-state index < -0.39 is 6.10 Å². The Morgan fingerprint density at radius 1 is 1.20 bits per heavy atom. The summed E-state index contributed by atoms with van der Waals surface area (Å²) in [6, 6.07) is 4.16. The zero-order chi connectivity index (χ0) is 11.6. The van der Waals surface area contributed by atoms with Gasteiger partial charge in [0.05, 0.1) is 0 Å². The summed E-state index contributed by atoms with van der Waals surface area (Å²) < 4.78 is 5.25. The van der Waals surface area contributed by atoms with E-state index in [1.807, 2.05) is 13.8 Å². The molecule has 0 saturated carbocycles. The summed E-state index contributed by atoms with van der Waals surface area (Å²) in [7, 11) is 1.57. The Labute approximate surface area is 91.3 Å². The van der Waals surface area contributed by atoms with Crippen molar-refractivity contribution in [1.29, 1.82) is 0 Å². The number of rotatable bonds is 3. The van der Waals surface area contributed by atoms with Crippen LogP contribution in [0.4, 0.5) is 0 Å². The molecule has 1 rings (SSSR count). The van der Waals surface area contributed by atoms with Gasteiger partial charge in [0.1, 0.15) is 6.10 Å². The van der Waals surface area contributed by atoms with Gasteiger partial charge in [0.2, 0.25) is 0 Å². The highest BCUT2D eigenvalue weighted by atomic mass is 16.5. The number of benzene rings is 1. The van der Waals surface area contributed by atoms with Crippen LogP contribution in [0.15, 0.2) is 12.1 Å². The third-order valence-corrected chi connectivity index (χ3v) is 2.61. The lowest BCUT2D eigenvalue weighted by atomic mass is 9.94. The van der Waals surface area contributed by atoms with Crippen molar-refractivity contribution in [2.75, 3.05) is 7.11 Å². The van der Waals surface area contributed by atoms with E-state index in [2.05, 4.69) is 19.1 Å². The minimum Gasteiger partial charge on any atom is -0.369 e. The number of hydrogen-bond donors (Lipinski definition) is 0. The second kappa shape index (κ2) is 4.58. The van der Waals surface area contributed by atoms with E-state index in [-0.39, 0.29) is 5.78 Å². The van der Waals surface area contributed by atoms with E-state index in [4.69, 9.17) is 4.74 Å².